The topological polar surface area (TPSA) is 313 Å². The van der Waals surface area contributed by atoms with E-state index >= 15 is 0 Å². The molecule has 2 aromatic carbocycles. The number of rotatable bonds is 28. The second-order valence-electron chi connectivity index (χ2n) is 14.0. The number of nitrogens with one attached hydrogen (secondary N) is 7. The standard InChI is InChI=1S/C40H57N9O10S2/c1-24(2)7-16-33(52)48-32(23-61-60-3)40(59)49-31(19-26-10-14-28(51)15-11-26)39(58)45-22-36(55)46-29(6-4-5-17-41)38(57)44-20-34(53)43-21-35(54)47-30(37(42)56)18-25-8-12-27(50)13-9-25/h8-15,29-32,50-51H,1,4-7,16-23,41H2,2-3H3,(H2,42,56)(H,43,53)(H,44,57)(H,45,58)(H,46,55)(H,47,54)(H,48,52)(H,49,59). The van der Waals surface area contributed by atoms with Crippen molar-refractivity contribution >= 4 is 68.8 Å². The SMILES string of the molecule is C=C(C)CCC(=O)NC(CSSC)C(=O)NC(Cc1ccc(O)cc1)C(=O)NCC(=O)NC(CCCCN)C(=O)NCC(=O)NCC(=O)NC(Cc1ccc(O)cc1)C(N)=O. The molecular formula is C40H57N9O10S2. The maximum atomic E-state index is 13.5. The largest absolute Gasteiger partial charge is 0.508 e. The summed E-state index contributed by atoms with van der Waals surface area (Å²) in [5, 5.41) is 36.8. The highest BCUT2D eigenvalue weighted by atomic mass is 33.1. The molecule has 0 bridgehead atoms. The number of benzene rings is 2. The van der Waals surface area contributed by atoms with Gasteiger partial charge in [0.05, 0.1) is 19.6 Å². The van der Waals surface area contributed by atoms with Crippen molar-refractivity contribution in [3.8, 4) is 11.5 Å². The molecule has 0 saturated heterocycles. The molecule has 2 aromatic rings. The van der Waals surface area contributed by atoms with Crippen molar-refractivity contribution in [2.24, 2.45) is 11.5 Å². The average Bonchev–Trinajstić information content (AvgIpc) is 3.22. The van der Waals surface area contributed by atoms with Gasteiger partial charge in [-0.1, -0.05) is 51.4 Å². The van der Waals surface area contributed by atoms with Gasteiger partial charge in [0.1, 0.15) is 35.7 Å². The van der Waals surface area contributed by atoms with Crippen LogP contribution in [0.1, 0.15) is 50.2 Å². The summed E-state index contributed by atoms with van der Waals surface area (Å²) in [6.45, 7) is 4.19. The number of primary amides is 1. The van der Waals surface area contributed by atoms with E-state index in [2.05, 4.69) is 43.8 Å². The number of unbranched alkanes of at least 4 members (excludes halogenated alkanes) is 1. The van der Waals surface area contributed by atoms with Crippen molar-refractivity contribution < 1.29 is 48.6 Å². The summed E-state index contributed by atoms with van der Waals surface area (Å²) in [5.41, 5.74) is 13.0. The van der Waals surface area contributed by atoms with Gasteiger partial charge in [-0.2, -0.15) is 0 Å². The Morgan fingerprint density at radius 1 is 0.623 bits per heavy atom. The summed E-state index contributed by atoms with van der Waals surface area (Å²) in [7, 11) is 2.73. The van der Waals surface area contributed by atoms with Crippen LogP contribution in [0.15, 0.2) is 60.7 Å². The molecule has 4 unspecified atom stereocenters. The highest BCUT2D eigenvalue weighted by Gasteiger charge is 2.28. The van der Waals surface area contributed by atoms with Gasteiger partial charge in [0.15, 0.2) is 0 Å². The van der Waals surface area contributed by atoms with Gasteiger partial charge < -0.3 is 58.9 Å². The lowest BCUT2D eigenvalue weighted by Crippen LogP contribution is -2.56. The fraction of sp³-hybridized carbons (Fsp3) is 0.450. The van der Waals surface area contributed by atoms with Crippen LogP contribution >= 0.6 is 21.6 Å². The predicted octanol–water partition coefficient (Wildman–Crippen LogP) is -0.847. The number of nitrogens with two attached hydrogens (primary N) is 2. The number of aromatic hydroxyl groups is 2. The van der Waals surface area contributed by atoms with Gasteiger partial charge >= 0.3 is 0 Å². The normalized spacial score (nSPS) is 12.6. The van der Waals surface area contributed by atoms with Crippen LogP contribution in [0.5, 0.6) is 11.5 Å². The lowest BCUT2D eigenvalue weighted by molar-refractivity contribution is -0.133. The molecule has 0 aliphatic carbocycles. The quantitative estimate of drug-likeness (QED) is 0.0282. The third-order valence-corrected chi connectivity index (χ3v) is 10.6. The Hall–Kier alpha value is -5.80. The first-order valence-electron chi connectivity index (χ1n) is 19.4. The molecule has 0 heterocycles. The Labute approximate surface area is 362 Å². The molecule has 21 heteroatoms. The number of phenolic OH excluding ortho intramolecular Hbond substituents is 2. The van der Waals surface area contributed by atoms with Crippen LogP contribution in [0.25, 0.3) is 0 Å². The van der Waals surface area contributed by atoms with Gasteiger partial charge in [-0.25, -0.2) is 0 Å². The number of carbonyl (C=O) groups excluding carboxylic acids is 8. The van der Waals surface area contributed by atoms with E-state index in [4.69, 9.17) is 11.5 Å². The fourth-order valence-electron chi connectivity index (χ4n) is 5.43. The zero-order valence-electron chi connectivity index (χ0n) is 34.3. The van der Waals surface area contributed by atoms with E-state index in [-0.39, 0.29) is 48.8 Å². The highest BCUT2D eigenvalue weighted by Crippen LogP contribution is 2.18. The Morgan fingerprint density at radius 2 is 1.11 bits per heavy atom. The molecule has 2 rings (SSSR count). The summed E-state index contributed by atoms with van der Waals surface area (Å²) in [4.78, 5) is 103. The van der Waals surface area contributed by atoms with Gasteiger partial charge in [0.25, 0.3) is 0 Å². The minimum Gasteiger partial charge on any atom is -0.508 e. The predicted molar refractivity (Wildman–Crippen MR) is 232 cm³/mol. The molecule has 0 radical (unpaired) electrons. The van der Waals surface area contributed by atoms with Crippen molar-refractivity contribution in [3.63, 3.8) is 0 Å². The number of allylic oxidation sites excluding steroid dienone is 1. The van der Waals surface area contributed by atoms with Gasteiger partial charge in [0.2, 0.25) is 47.3 Å². The third kappa shape index (κ3) is 21.3. The summed E-state index contributed by atoms with van der Waals surface area (Å²) >= 11 is 0. The van der Waals surface area contributed by atoms with Crippen LogP contribution in [-0.2, 0) is 51.2 Å². The third-order valence-electron chi connectivity index (χ3n) is 8.74. The molecule has 0 aromatic heterocycles. The molecule has 0 aliphatic rings. The van der Waals surface area contributed by atoms with Gasteiger partial charge in [-0.3, -0.25) is 38.4 Å². The first-order valence-corrected chi connectivity index (χ1v) is 22.1. The molecule has 13 N–H and O–H groups in total. The summed E-state index contributed by atoms with van der Waals surface area (Å²) < 4.78 is 0. The maximum absolute atomic E-state index is 13.5. The van der Waals surface area contributed by atoms with Crippen molar-refractivity contribution in [2.75, 3.05) is 38.2 Å². The fourth-order valence-corrected chi connectivity index (χ4v) is 6.75. The Kier molecular flexibility index (Phi) is 23.5. The van der Waals surface area contributed by atoms with Gasteiger partial charge in [-0.05, 0) is 80.8 Å². The van der Waals surface area contributed by atoms with Crippen molar-refractivity contribution in [1.82, 2.24) is 37.2 Å². The van der Waals surface area contributed by atoms with Crippen LogP contribution in [0, 0.1) is 0 Å². The van der Waals surface area contributed by atoms with E-state index in [1.165, 1.54) is 45.9 Å². The van der Waals surface area contributed by atoms with E-state index in [0.717, 1.165) is 5.57 Å². The molecular weight excluding hydrogens is 831 g/mol. The number of hydrogen-bond acceptors (Lipinski definition) is 13. The number of hydrogen-bond donors (Lipinski definition) is 11. The summed E-state index contributed by atoms with van der Waals surface area (Å²) in [6.07, 6.45) is 3.46. The molecule has 0 saturated carbocycles. The lowest BCUT2D eigenvalue weighted by atomic mass is 10.0. The van der Waals surface area contributed by atoms with E-state index in [9.17, 15) is 48.6 Å². The average molecular weight is 888 g/mol. The molecule has 0 fully saturated rings. The van der Waals surface area contributed by atoms with Crippen molar-refractivity contribution in [2.45, 2.75) is 76.0 Å². The second-order valence-corrected chi connectivity index (χ2v) is 16.6. The van der Waals surface area contributed by atoms with E-state index in [0.29, 0.717) is 36.9 Å². The van der Waals surface area contributed by atoms with Crippen LogP contribution in [0.3, 0.4) is 0 Å². The molecule has 0 aliphatic heterocycles. The number of amides is 8. The summed E-state index contributed by atoms with van der Waals surface area (Å²) in [5.74, 6) is -5.30. The van der Waals surface area contributed by atoms with Crippen LogP contribution in [-0.4, -0.2) is 120 Å². The Morgan fingerprint density at radius 3 is 1.64 bits per heavy atom. The highest BCUT2D eigenvalue weighted by molar-refractivity contribution is 8.76. The van der Waals surface area contributed by atoms with Crippen LogP contribution < -0.4 is 48.7 Å². The number of carbonyl (C=O) groups is 8. The minimum absolute atomic E-state index is 0.0100. The van der Waals surface area contributed by atoms with Crippen molar-refractivity contribution in [3.05, 3.63) is 71.8 Å². The molecule has 61 heavy (non-hydrogen) atoms. The molecule has 334 valence electrons. The second kappa shape index (κ2) is 27.9. The van der Waals surface area contributed by atoms with Crippen molar-refractivity contribution in [1.29, 1.82) is 0 Å². The minimum atomic E-state index is -1.22. The van der Waals surface area contributed by atoms with Gasteiger partial charge in [-0.15, -0.1) is 6.58 Å². The Bertz CT molecular complexity index is 1820. The van der Waals surface area contributed by atoms with E-state index in [1.54, 1.807) is 31.2 Å². The van der Waals surface area contributed by atoms with E-state index < -0.39 is 85.2 Å². The van der Waals surface area contributed by atoms with E-state index in [1.807, 2.05) is 6.26 Å². The first kappa shape index (κ1) is 51.3. The maximum Gasteiger partial charge on any atom is 0.244 e. The summed E-state index contributed by atoms with van der Waals surface area (Å²) in [6, 6.07) is 7.46. The molecule has 8 amide bonds. The lowest BCUT2D eigenvalue weighted by Gasteiger charge is -2.23. The van der Waals surface area contributed by atoms with Crippen LogP contribution in [0.4, 0.5) is 0 Å². The monoisotopic (exact) mass is 887 g/mol. The zero-order chi connectivity index (χ0) is 45.3. The molecule has 0 spiro atoms. The smallest absolute Gasteiger partial charge is 0.244 e. The molecule has 4 atom stereocenters. The Balaban J connectivity index is 2.03. The number of phenols is 2. The van der Waals surface area contributed by atoms with Crippen LogP contribution in [0.2, 0.25) is 0 Å². The zero-order valence-corrected chi connectivity index (χ0v) is 35.9. The first-order chi connectivity index (χ1) is 29.0. The molecule has 19 nitrogen and oxygen atoms in total. The van der Waals surface area contributed by atoms with Gasteiger partial charge in [0, 0.05) is 25.0 Å².